The number of morpholine rings is 1. The number of benzene rings is 2. The Hall–Kier alpha value is -3.94. The Labute approximate surface area is 237 Å². The maximum Gasteiger partial charge on any atom is 0.255 e. The standard InChI is InChI=1S/C25H27FN4O7.C2H6.CH5N/c26-20-14(22(33)23(34)16(21(20)32)11-29-6-8-37-9-7-29)10-27-17-3-1-2-13-15(17)12-30(25(13)36)18-4-5-19(31)28-24(18)35;2*1-2/h1-3,18,27,32-34H,4-12H2,(H,28,31,35);1-2H3;2H2,1H3. The third-order valence-corrected chi connectivity index (χ3v) is 7.08. The summed E-state index contributed by atoms with van der Waals surface area (Å²) in [5.74, 6) is -4.33. The number of halogens is 1. The first-order chi connectivity index (χ1) is 19.8. The fraction of sp³-hybridized carbons (Fsp3) is 0.464. The largest absolute Gasteiger partial charge is 0.504 e. The van der Waals surface area contributed by atoms with E-state index in [2.05, 4.69) is 16.4 Å². The van der Waals surface area contributed by atoms with Crippen molar-refractivity contribution in [1.82, 2.24) is 15.1 Å². The average Bonchev–Trinajstić information content (AvgIpc) is 3.33. The first kappa shape index (κ1) is 31.6. The van der Waals surface area contributed by atoms with Crippen LogP contribution in [0.1, 0.15) is 53.7 Å². The lowest BCUT2D eigenvalue weighted by Gasteiger charge is -2.29. The molecule has 3 amide bonds. The van der Waals surface area contributed by atoms with E-state index in [1.807, 2.05) is 18.7 Å². The van der Waals surface area contributed by atoms with E-state index >= 15 is 4.39 Å². The number of aromatic hydroxyl groups is 3. The maximum absolute atomic E-state index is 15.1. The summed E-state index contributed by atoms with van der Waals surface area (Å²) in [5, 5.41) is 36.8. The molecule has 0 radical (unpaired) electrons. The molecule has 2 fully saturated rings. The number of carbonyl (C=O) groups is 3. The summed E-state index contributed by atoms with van der Waals surface area (Å²) >= 11 is 0. The van der Waals surface area contributed by atoms with Crippen LogP contribution in [0.4, 0.5) is 10.1 Å². The number of carbonyl (C=O) groups excluding carboxylic acids is 3. The van der Waals surface area contributed by atoms with Gasteiger partial charge in [0.05, 0.1) is 24.3 Å². The molecule has 12 nitrogen and oxygen atoms in total. The Balaban J connectivity index is 0.00000111. The van der Waals surface area contributed by atoms with Gasteiger partial charge in [0.1, 0.15) is 6.04 Å². The molecule has 2 aromatic carbocycles. The van der Waals surface area contributed by atoms with Gasteiger partial charge in [0.25, 0.3) is 5.91 Å². The van der Waals surface area contributed by atoms with Crippen LogP contribution in [0, 0.1) is 5.82 Å². The highest BCUT2D eigenvalue weighted by molar-refractivity contribution is 6.06. The summed E-state index contributed by atoms with van der Waals surface area (Å²) < 4.78 is 20.4. The molecule has 1 unspecified atom stereocenters. The number of nitrogens with one attached hydrogen (secondary N) is 2. The third-order valence-electron chi connectivity index (χ3n) is 7.08. The lowest BCUT2D eigenvalue weighted by atomic mass is 10.0. The number of hydrogen-bond acceptors (Lipinski definition) is 10. The van der Waals surface area contributed by atoms with Crippen LogP contribution in [-0.2, 0) is 34.0 Å². The SMILES string of the molecule is CC.CN.O=C1CCC(N2Cc3c(NCc4c(O)c(O)c(CN5CCOCC5)c(O)c4F)cccc3C2=O)C(=O)N1. The number of piperidine rings is 1. The molecule has 0 bridgehead atoms. The van der Waals surface area contributed by atoms with Crippen molar-refractivity contribution in [1.29, 1.82) is 0 Å². The predicted molar refractivity (Wildman–Crippen MR) is 149 cm³/mol. The van der Waals surface area contributed by atoms with Gasteiger partial charge in [-0.3, -0.25) is 24.6 Å². The lowest BCUT2D eigenvalue weighted by molar-refractivity contribution is -0.136. The number of anilines is 1. The molecule has 0 aromatic heterocycles. The number of hydrogen-bond donors (Lipinski definition) is 6. The highest BCUT2D eigenvalue weighted by Gasteiger charge is 2.40. The summed E-state index contributed by atoms with van der Waals surface area (Å²) in [6, 6.07) is 4.13. The zero-order valence-corrected chi connectivity index (χ0v) is 23.5. The Morgan fingerprint density at radius 1 is 1.05 bits per heavy atom. The van der Waals surface area contributed by atoms with Crippen LogP contribution in [-0.4, -0.2) is 82.2 Å². The van der Waals surface area contributed by atoms with Crippen LogP contribution in [0.25, 0.3) is 0 Å². The first-order valence-corrected chi connectivity index (χ1v) is 13.6. The van der Waals surface area contributed by atoms with Crippen molar-refractivity contribution >= 4 is 23.4 Å². The van der Waals surface area contributed by atoms with Gasteiger partial charge in [0, 0.05) is 56.0 Å². The molecule has 2 saturated heterocycles. The van der Waals surface area contributed by atoms with Gasteiger partial charge in [0.15, 0.2) is 23.1 Å². The van der Waals surface area contributed by atoms with Gasteiger partial charge in [0.2, 0.25) is 11.8 Å². The van der Waals surface area contributed by atoms with Crippen molar-refractivity contribution in [2.45, 2.75) is 52.4 Å². The molecular formula is C28H38FN5O7. The molecular weight excluding hydrogens is 537 g/mol. The minimum atomic E-state index is -1.06. The van der Waals surface area contributed by atoms with Crippen LogP contribution in [0.2, 0.25) is 0 Å². The predicted octanol–water partition coefficient (Wildman–Crippen LogP) is 1.75. The van der Waals surface area contributed by atoms with Gasteiger partial charge in [-0.05, 0) is 25.6 Å². The second-order valence-corrected chi connectivity index (χ2v) is 9.29. The molecule has 7 N–H and O–H groups in total. The van der Waals surface area contributed by atoms with Crippen LogP contribution < -0.4 is 16.4 Å². The Bertz CT molecular complexity index is 1250. The molecule has 3 heterocycles. The number of amides is 3. The average molecular weight is 576 g/mol. The number of ether oxygens (including phenoxy) is 1. The van der Waals surface area contributed by atoms with Gasteiger partial charge < -0.3 is 36.0 Å². The van der Waals surface area contributed by atoms with Crippen molar-refractivity contribution in [2.75, 3.05) is 38.7 Å². The summed E-state index contributed by atoms with van der Waals surface area (Å²) in [5.41, 5.74) is 5.48. The monoisotopic (exact) mass is 575 g/mol. The minimum Gasteiger partial charge on any atom is -0.504 e. The number of imide groups is 1. The van der Waals surface area contributed by atoms with Crippen LogP contribution in [0.5, 0.6) is 17.2 Å². The normalized spacial score (nSPS) is 18.5. The lowest BCUT2D eigenvalue weighted by Crippen LogP contribution is -2.52. The third kappa shape index (κ3) is 6.53. The van der Waals surface area contributed by atoms with Gasteiger partial charge in [-0.1, -0.05) is 19.9 Å². The highest BCUT2D eigenvalue weighted by atomic mass is 19.1. The van der Waals surface area contributed by atoms with Gasteiger partial charge in [-0.2, -0.15) is 0 Å². The van der Waals surface area contributed by atoms with Gasteiger partial charge >= 0.3 is 0 Å². The number of nitrogens with zero attached hydrogens (tertiary/aromatic N) is 2. The van der Waals surface area contributed by atoms with Gasteiger partial charge in [-0.25, -0.2) is 4.39 Å². The quantitative estimate of drug-likeness (QED) is 0.169. The van der Waals surface area contributed by atoms with E-state index in [9.17, 15) is 29.7 Å². The first-order valence-electron chi connectivity index (χ1n) is 13.6. The molecule has 3 aliphatic heterocycles. The smallest absolute Gasteiger partial charge is 0.255 e. The molecule has 3 aliphatic rings. The Morgan fingerprint density at radius 2 is 1.71 bits per heavy atom. The molecule has 1 atom stereocenters. The summed E-state index contributed by atoms with van der Waals surface area (Å²) in [6.07, 6.45) is 0.357. The van der Waals surface area contributed by atoms with E-state index in [0.29, 0.717) is 43.1 Å². The molecule has 2 aromatic rings. The number of nitrogens with two attached hydrogens (primary N) is 1. The maximum atomic E-state index is 15.1. The number of phenols is 3. The fourth-order valence-electron chi connectivity index (χ4n) is 5.01. The number of rotatable bonds is 6. The van der Waals surface area contributed by atoms with Crippen molar-refractivity contribution < 1.29 is 38.8 Å². The van der Waals surface area contributed by atoms with E-state index < -0.39 is 35.0 Å². The summed E-state index contributed by atoms with van der Waals surface area (Å²) in [6.45, 7) is 5.89. The zero-order chi connectivity index (χ0) is 30.3. The van der Waals surface area contributed by atoms with Crippen molar-refractivity contribution in [3.63, 3.8) is 0 Å². The van der Waals surface area contributed by atoms with Crippen LogP contribution in [0.3, 0.4) is 0 Å². The molecule has 0 aliphatic carbocycles. The Kier molecular flexibility index (Phi) is 10.9. The molecule has 13 heteroatoms. The highest BCUT2D eigenvalue weighted by Crippen LogP contribution is 2.43. The Morgan fingerprint density at radius 3 is 2.37 bits per heavy atom. The number of phenolic OH excluding ortho intramolecular Hbond substituents is 3. The van der Waals surface area contributed by atoms with Crippen molar-refractivity contribution in [2.24, 2.45) is 5.73 Å². The van der Waals surface area contributed by atoms with Crippen LogP contribution >= 0.6 is 0 Å². The van der Waals surface area contributed by atoms with Crippen molar-refractivity contribution in [3.8, 4) is 17.2 Å². The second kappa shape index (κ2) is 14.1. The van der Waals surface area contributed by atoms with E-state index in [-0.39, 0.29) is 55.4 Å². The molecule has 0 saturated carbocycles. The minimum absolute atomic E-state index is 0.0453. The topological polar surface area (TPSA) is 178 Å². The number of fused-ring (bicyclic) bond motifs is 1. The zero-order valence-electron chi connectivity index (χ0n) is 23.5. The summed E-state index contributed by atoms with van der Waals surface area (Å²) in [7, 11) is 1.50. The van der Waals surface area contributed by atoms with Gasteiger partial charge in [-0.15, -0.1) is 0 Å². The van der Waals surface area contributed by atoms with E-state index in [1.165, 1.54) is 11.9 Å². The molecule has 0 spiro atoms. The second-order valence-electron chi connectivity index (χ2n) is 9.29. The van der Waals surface area contributed by atoms with Crippen LogP contribution in [0.15, 0.2) is 18.2 Å². The fourth-order valence-corrected chi connectivity index (χ4v) is 5.01. The van der Waals surface area contributed by atoms with E-state index in [4.69, 9.17) is 4.74 Å². The molecule has 41 heavy (non-hydrogen) atoms. The van der Waals surface area contributed by atoms with Crippen molar-refractivity contribution in [3.05, 3.63) is 46.3 Å². The molecule has 5 rings (SSSR count). The van der Waals surface area contributed by atoms with E-state index in [1.54, 1.807) is 18.2 Å². The van der Waals surface area contributed by atoms with E-state index in [0.717, 1.165) is 0 Å². The summed E-state index contributed by atoms with van der Waals surface area (Å²) in [4.78, 5) is 40.1. The molecule has 224 valence electrons.